The summed E-state index contributed by atoms with van der Waals surface area (Å²) in [6, 6.07) is 99.5. The number of hydrogen-bond donors (Lipinski definition) is 0. The van der Waals surface area contributed by atoms with Gasteiger partial charge in [0.1, 0.15) is 0 Å². The lowest BCUT2D eigenvalue weighted by Crippen LogP contribution is -2.10. The first kappa shape index (κ1) is 39.8. The van der Waals surface area contributed by atoms with E-state index in [1.807, 2.05) is 0 Å². The number of hydrogen-bond acceptors (Lipinski definition) is 1. The third-order valence-corrected chi connectivity index (χ3v) is 13.3. The zero-order valence-corrected chi connectivity index (χ0v) is 36.9. The maximum atomic E-state index is 2.41. The Kier molecular flexibility index (Phi) is 10.3. The molecule has 0 aliphatic heterocycles. The van der Waals surface area contributed by atoms with E-state index in [0.29, 0.717) is 0 Å². The fourth-order valence-electron chi connectivity index (χ4n) is 10.3. The van der Waals surface area contributed by atoms with Crippen molar-refractivity contribution < 1.29 is 0 Å². The Balaban J connectivity index is 1.13. The van der Waals surface area contributed by atoms with Crippen molar-refractivity contribution >= 4 is 49.4 Å². The Morgan fingerprint density at radius 3 is 1.27 bits per heavy atom. The molecule has 1 nitrogen and oxygen atoms in total. The van der Waals surface area contributed by atoms with Crippen LogP contribution in [0.3, 0.4) is 0 Å². The summed E-state index contributed by atoms with van der Waals surface area (Å²) in [6.45, 7) is 0. The first-order chi connectivity index (χ1) is 33.3. The number of fused-ring (bicyclic) bond motifs is 3. The molecule has 0 aliphatic carbocycles. The molecule has 0 heterocycles. The fourth-order valence-corrected chi connectivity index (χ4v) is 10.3. The first-order valence-corrected chi connectivity index (χ1v) is 23.1. The average Bonchev–Trinajstić information content (AvgIpc) is 3.41. The Bertz CT molecular complexity index is 3690. The largest absolute Gasteiger partial charge is 0.310 e. The van der Waals surface area contributed by atoms with Gasteiger partial charge in [-0.3, -0.25) is 0 Å². The molecular weight excluding hydrogens is 807 g/mol. The third kappa shape index (κ3) is 7.15. The summed E-state index contributed by atoms with van der Waals surface area (Å²) in [5.41, 5.74) is 17.8. The van der Waals surface area contributed by atoms with Crippen LogP contribution >= 0.6 is 0 Å². The van der Waals surface area contributed by atoms with Crippen LogP contribution in [-0.2, 0) is 0 Å². The van der Waals surface area contributed by atoms with Gasteiger partial charge in [0.2, 0.25) is 0 Å². The highest BCUT2D eigenvalue weighted by molar-refractivity contribution is 6.23. The van der Waals surface area contributed by atoms with Crippen LogP contribution in [-0.4, -0.2) is 0 Å². The molecule has 12 aromatic carbocycles. The minimum Gasteiger partial charge on any atom is -0.310 e. The van der Waals surface area contributed by atoms with Gasteiger partial charge in [-0.1, -0.05) is 243 Å². The van der Waals surface area contributed by atoms with E-state index >= 15 is 0 Å². The predicted molar refractivity (Wildman–Crippen MR) is 286 cm³/mol. The molecular formula is C66H45N. The highest BCUT2D eigenvalue weighted by Crippen LogP contribution is 2.54. The molecule has 0 unspecified atom stereocenters. The van der Waals surface area contributed by atoms with Gasteiger partial charge in [0.05, 0.1) is 5.69 Å². The van der Waals surface area contributed by atoms with Crippen molar-refractivity contribution in [2.45, 2.75) is 0 Å². The topological polar surface area (TPSA) is 3.24 Å². The highest BCUT2D eigenvalue weighted by atomic mass is 15.1. The molecule has 0 aromatic heterocycles. The molecule has 0 radical (unpaired) electrons. The minimum absolute atomic E-state index is 1.10. The quantitative estimate of drug-likeness (QED) is 0.140. The van der Waals surface area contributed by atoms with Gasteiger partial charge in [-0.05, 0) is 124 Å². The average molecular weight is 852 g/mol. The molecule has 0 saturated carbocycles. The third-order valence-electron chi connectivity index (χ3n) is 13.3. The van der Waals surface area contributed by atoms with Gasteiger partial charge < -0.3 is 4.90 Å². The van der Waals surface area contributed by atoms with Gasteiger partial charge in [-0.15, -0.1) is 0 Å². The summed E-state index contributed by atoms with van der Waals surface area (Å²) in [5, 5.41) is 7.31. The van der Waals surface area contributed by atoms with Crippen LogP contribution in [0.4, 0.5) is 17.1 Å². The predicted octanol–water partition coefficient (Wildman–Crippen LogP) is 18.6. The molecule has 0 saturated heterocycles. The number of anilines is 3. The van der Waals surface area contributed by atoms with Crippen LogP contribution in [0.15, 0.2) is 273 Å². The van der Waals surface area contributed by atoms with Gasteiger partial charge in [0.15, 0.2) is 0 Å². The number of benzene rings is 12. The van der Waals surface area contributed by atoms with Crippen LogP contribution in [0, 0.1) is 0 Å². The van der Waals surface area contributed by atoms with E-state index in [1.54, 1.807) is 0 Å². The molecule has 0 bridgehead atoms. The molecule has 314 valence electrons. The molecule has 12 rings (SSSR count). The van der Waals surface area contributed by atoms with Crippen molar-refractivity contribution in [2.24, 2.45) is 0 Å². The van der Waals surface area contributed by atoms with Crippen molar-refractivity contribution in [2.75, 3.05) is 4.90 Å². The number of nitrogens with zero attached hydrogens (tertiary/aromatic N) is 1. The van der Waals surface area contributed by atoms with Crippen LogP contribution in [0.1, 0.15) is 0 Å². The Morgan fingerprint density at radius 2 is 0.642 bits per heavy atom. The van der Waals surface area contributed by atoms with E-state index in [4.69, 9.17) is 0 Å². The van der Waals surface area contributed by atoms with E-state index in [-0.39, 0.29) is 0 Å². The van der Waals surface area contributed by atoms with Crippen molar-refractivity contribution in [1.29, 1.82) is 0 Å². The second kappa shape index (κ2) is 17.3. The van der Waals surface area contributed by atoms with Gasteiger partial charge in [-0.25, -0.2) is 0 Å². The van der Waals surface area contributed by atoms with Crippen molar-refractivity contribution in [1.82, 2.24) is 0 Å². The van der Waals surface area contributed by atoms with Gasteiger partial charge >= 0.3 is 0 Å². The van der Waals surface area contributed by atoms with E-state index < -0.39 is 0 Å². The molecule has 0 fully saturated rings. The molecule has 1 heteroatoms. The molecule has 0 spiro atoms. The summed E-state index contributed by atoms with van der Waals surface area (Å²) in [4.78, 5) is 2.41. The number of para-hydroxylation sites is 1. The van der Waals surface area contributed by atoms with Crippen LogP contribution < -0.4 is 4.90 Å². The Morgan fingerprint density at radius 1 is 0.209 bits per heavy atom. The smallest absolute Gasteiger partial charge is 0.0540 e. The molecule has 67 heavy (non-hydrogen) atoms. The molecule has 0 N–H and O–H groups in total. The van der Waals surface area contributed by atoms with Crippen LogP contribution in [0.2, 0.25) is 0 Å². The van der Waals surface area contributed by atoms with Gasteiger partial charge in [-0.2, -0.15) is 0 Å². The molecule has 0 amide bonds. The Hall–Kier alpha value is -8.78. The van der Waals surface area contributed by atoms with Gasteiger partial charge in [0, 0.05) is 16.8 Å². The zero-order valence-electron chi connectivity index (χ0n) is 36.9. The summed E-state index contributed by atoms with van der Waals surface area (Å²) in [6.07, 6.45) is 0. The number of rotatable bonds is 9. The summed E-state index contributed by atoms with van der Waals surface area (Å²) in [5.74, 6) is 0. The highest BCUT2D eigenvalue weighted by Gasteiger charge is 2.27. The van der Waals surface area contributed by atoms with Gasteiger partial charge in [0.25, 0.3) is 0 Å². The summed E-state index contributed by atoms with van der Waals surface area (Å²) >= 11 is 0. The zero-order chi connectivity index (χ0) is 44.5. The monoisotopic (exact) mass is 851 g/mol. The SMILES string of the molecule is c1ccc(-c2c(-c3ccccc3)c(-c3ccccc3)c3c(-c4ccc(N(c5ccccc5)c5ccc(-c6cccc7ccccc67)cc5)c5ccccc45)cccc3c2-c2ccccc2)cc1. The lowest BCUT2D eigenvalue weighted by atomic mass is 9.77. The van der Waals surface area contributed by atoms with Crippen LogP contribution in [0.5, 0.6) is 0 Å². The second-order valence-corrected chi connectivity index (χ2v) is 17.1. The normalized spacial score (nSPS) is 11.3. The molecule has 12 aromatic rings. The second-order valence-electron chi connectivity index (χ2n) is 17.1. The standard InChI is InChI=1S/C66H45N/c1-6-23-48(24-7-1)62-60-39-21-38-59(66(60)65(51-29-12-4-13-30-51)64(50-27-10-3-11-28-50)63(62)49-25-8-2-9-26-49)57-44-45-61(58-36-19-18-35-56(57)58)67(52-32-14-5-15-33-52)53-42-40-47(41-43-53)55-37-20-31-46-22-16-17-34-54(46)55/h1-45H. The minimum atomic E-state index is 1.10. The first-order valence-electron chi connectivity index (χ1n) is 23.1. The fraction of sp³-hybridized carbons (Fsp3) is 0. The lowest BCUT2D eigenvalue weighted by Gasteiger charge is -2.28. The van der Waals surface area contributed by atoms with Crippen LogP contribution in [0.25, 0.3) is 99.1 Å². The van der Waals surface area contributed by atoms with Crippen molar-refractivity contribution in [3.05, 3.63) is 273 Å². The summed E-state index contributed by atoms with van der Waals surface area (Å²) < 4.78 is 0. The van der Waals surface area contributed by atoms with E-state index in [9.17, 15) is 0 Å². The van der Waals surface area contributed by atoms with E-state index in [2.05, 4.69) is 278 Å². The van der Waals surface area contributed by atoms with Crippen molar-refractivity contribution in [3.63, 3.8) is 0 Å². The lowest BCUT2D eigenvalue weighted by molar-refractivity contribution is 1.30. The molecule has 0 atom stereocenters. The maximum Gasteiger partial charge on any atom is 0.0540 e. The maximum absolute atomic E-state index is 2.41. The molecule has 0 aliphatic rings. The Labute approximate surface area is 392 Å². The van der Waals surface area contributed by atoms with E-state index in [0.717, 1.165) is 17.1 Å². The van der Waals surface area contributed by atoms with Crippen molar-refractivity contribution in [3.8, 4) is 66.8 Å². The van der Waals surface area contributed by atoms with E-state index in [1.165, 1.54) is 99.1 Å². The summed E-state index contributed by atoms with van der Waals surface area (Å²) in [7, 11) is 0.